The lowest BCUT2D eigenvalue weighted by Crippen LogP contribution is -2.20. The predicted octanol–water partition coefficient (Wildman–Crippen LogP) is 2.98. The first-order valence-corrected chi connectivity index (χ1v) is 7.77. The van der Waals surface area contributed by atoms with Gasteiger partial charge in [-0.05, 0) is 13.0 Å². The van der Waals surface area contributed by atoms with Crippen LogP contribution in [0.4, 0.5) is 11.6 Å². The van der Waals surface area contributed by atoms with Gasteiger partial charge < -0.3 is 9.26 Å². The minimum Gasteiger partial charge on any atom is -0.452 e. The van der Waals surface area contributed by atoms with Gasteiger partial charge in [0, 0.05) is 23.1 Å². The number of nitro benzene ring substituents is 1. The molecule has 0 aliphatic carbocycles. The average molecular weight is 361 g/mol. The Bertz CT molecular complexity index is 850. The quantitative estimate of drug-likeness (QED) is 0.493. The zero-order valence-electron chi connectivity index (χ0n) is 14.9. The molecule has 0 saturated carbocycles. The van der Waals surface area contributed by atoms with Crippen LogP contribution in [-0.4, -0.2) is 28.6 Å². The van der Waals surface area contributed by atoms with Gasteiger partial charge in [0.15, 0.2) is 6.61 Å². The molecule has 0 spiro atoms. The van der Waals surface area contributed by atoms with Crippen molar-refractivity contribution in [3.63, 3.8) is 0 Å². The van der Waals surface area contributed by atoms with Crippen LogP contribution in [0, 0.1) is 17.0 Å². The summed E-state index contributed by atoms with van der Waals surface area (Å²) in [6.07, 6.45) is 0. The van der Waals surface area contributed by atoms with Crippen molar-refractivity contribution in [3.8, 4) is 0 Å². The van der Waals surface area contributed by atoms with E-state index in [1.54, 1.807) is 13.0 Å². The van der Waals surface area contributed by atoms with Gasteiger partial charge in [-0.2, -0.15) is 0 Å². The molecule has 9 nitrogen and oxygen atoms in total. The maximum Gasteiger partial charge on any atom is 0.338 e. The molecular formula is C17H19N3O6. The fourth-order valence-corrected chi connectivity index (χ4v) is 2.01. The summed E-state index contributed by atoms with van der Waals surface area (Å²) >= 11 is 0. The van der Waals surface area contributed by atoms with Crippen molar-refractivity contribution < 1.29 is 23.8 Å². The van der Waals surface area contributed by atoms with E-state index < -0.39 is 23.4 Å². The summed E-state index contributed by atoms with van der Waals surface area (Å²) in [7, 11) is 0. The topological polar surface area (TPSA) is 125 Å². The molecule has 0 radical (unpaired) electrons. The largest absolute Gasteiger partial charge is 0.452 e. The number of carbonyl (C=O) groups is 2. The Morgan fingerprint density at radius 3 is 2.58 bits per heavy atom. The monoisotopic (exact) mass is 361 g/mol. The summed E-state index contributed by atoms with van der Waals surface area (Å²) in [6, 6.07) is 5.54. The molecule has 1 N–H and O–H groups in total. The fraction of sp³-hybridized carbons (Fsp3) is 0.353. The molecule has 9 heteroatoms. The lowest BCUT2D eigenvalue weighted by atomic mass is 9.92. The summed E-state index contributed by atoms with van der Waals surface area (Å²) in [5, 5.41) is 17.2. The first-order chi connectivity index (χ1) is 12.1. The van der Waals surface area contributed by atoms with E-state index in [1.165, 1.54) is 12.1 Å². The Morgan fingerprint density at radius 2 is 2.00 bits per heavy atom. The van der Waals surface area contributed by atoms with Crippen molar-refractivity contribution in [1.82, 2.24) is 5.16 Å². The summed E-state index contributed by atoms with van der Waals surface area (Å²) in [5.74, 6) is -1.31. The second-order valence-corrected chi connectivity index (χ2v) is 6.71. The van der Waals surface area contributed by atoms with E-state index in [9.17, 15) is 19.7 Å². The van der Waals surface area contributed by atoms with E-state index in [0.29, 0.717) is 11.3 Å². The Hall–Kier alpha value is -3.23. The van der Waals surface area contributed by atoms with Crippen LogP contribution in [0.3, 0.4) is 0 Å². The van der Waals surface area contributed by atoms with Gasteiger partial charge >= 0.3 is 5.97 Å². The number of carbonyl (C=O) groups excluding carboxylic acids is 2. The maximum atomic E-state index is 12.0. The van der Waals surface area contributed by atoms with Gasteiger partial charge in [0.1, 0.15) is 0 Å². The van der Waals surface area contributed by atoms with Crippen molar-refractivity contribution >= 4 is 23.4 Å². The molecule has 0 bridgehead atoms. The Morgan fingerprint density at radius 1 is 1.31 bits per heavy atom. The van der Waals surface area contributed by atoms with E-state index in [1.807, 2.05) is 20.8 Å². The number of hydrogen-bond acceptors (Lipinski definition) is 7. The Labute approximate surface area is 149 Å². The van der Waals surface area contributed by atoms with Crippen LogP contribution in [0.25, 0.3) is 0 Å². The smallest absolute Gasteiger partial charge is 0.338 e. The maximum absolute atomic E-state index is 12.0. The highest BCUT2D eigenvalue weighted by Crippen LogP contribution is 2.23. The van der Waals surface area contributed by atoms with Crippen LogP contribution in [0.5, 0.6) is 0 Å². The van der Waals surface area contributed by atoms with E-state index in [-0.39, 0.29) is 22.6 Å². The highest BCUT2D eigenvalue weighted by Gasteiger charge is 2.20. The van der Waals surface area contributed by atoms with Crippen molar-refractivity contribution in [2.75, 3.05) is 11.9 Å². The van der Waals surface area contributed by atoms with E-state index in [4.69, 9.17) is 9.26 Å². The second kappa shape index (κ2) is 7.34. The molecule has 1 heterocycles. The number of anilines is 1. The number of nitro groups is 1. The molecule has 0 aliphatic rings. The lowest BCUT2D eigenvalue weighted by molar-refractivity contribution is -0.385. The highest BCUT2D eigenvalue weighted by molar-refractivity contribution is 5.95. The summed E-state index contributed by atoms with van der Waals surface area (Å²) in [5.41, 5.74) is 0.644. The molecule has 0 saturated heterocycles. The molecule has 1 aromatic carbocycles. The third-order valence-corrected chi connectivity index (χ3v) is 3.52. The number of amides is 1. The normalized spacial score (nSPS) is 11.1. The number of aryl methyl sites for hydroxylation is 1. The number of benzene rings is 1. The van der Waals surface area contributed by atoms with Crippen LogP contribution in [0.1, 0.15) is 42.4 Å². The van der Waals surface area contributed by atoms with Crippen LogP contribution >= 0.6 is 0 Å². The van der Waals surface area contributed by atoms with Gasteiger partial charge in [-0.25, -0.2) is 4.79 Å². The van der Waals surface area contributed by atoms with E-state index >= 15 is 0 Å². The molecule has 1 aromatic heterocycles. The van der Waals surface area contributed by atoms with Crippen molar-refractivity contribution in [1.29, 1.82) is 0 Å². The zero-order valence-corrected chi connectivity index (χ0v) is 14.9. The van der Waals surface area contributed by atoms with Gasteiger partial charge in [-0.3, -0.25) is 20.2 Å². The molecule has 26 heavy (non-hydrogen) atoms. The van der Waals surface area contributed by atoms with Crippen molar-refractivity contribution in [2.24, 2.45) is 0 Å². The zero-order chi connectivity index (χ0) is 19.5. The van der Waals surface area contributed by atoms with Crippen LogP contribution in [0.2, 0.25) is 0 Å². The summed E-state index contributed by atoms with van der Waals surface area (Å²) in [6.45, 7) is 6.83. The van der Waals surface area contributed by atoms with Gasteiger partial charge in [0.2, 0.25) is 5.88 Å². The third-order valence-electron chi connectivity index (χ3n) is 3.52. The lowest BCUT2D eigenvalue weighted by Gasteiger charge is -2.12. The second-order valence-electron chi connectivity index (χ2n) is 6.71. The van der Waals surface area contributed by atoms with Gasteiger partial charge in [0.25, 0.3) is 11.6 Å². The number of rotatable bonds is 5. The number of nitrogens with one attached hydrogen (secondary N) is 1. The predicted molar refractivity (Wildman–Crippen MR) is 91.9 cm³/mol. The molecule has 0 atom stereocenters. The third kappa shape index (κ3) is 4.65. The number of aromatic nitrogens is 1. The average Bonchev–Trinajstić information content (AvgIpc) is 3.01. The SMILES string of the molecule is Cc1ccc(C(=O)OCC(=O)Nc2cc(C(C)(C)C)no2)cc1[N+](=O)[O-]. The summed E-state index contributed by atoms with van der Waals surface area (Å²) < 4.78 is 9.89. The first-order valence-electron chi connectivity index (χ1n) is 7.77. The van der Waals surface area contributed by atoms with E-state index in [0.717, 1.165) is 6.07 Å². The molecule has 2 rings (SSSR count). The molecule has 1 amide bonds. The molecule has 0 unspecified atom stereocenters. The van der Waals surface area contributed by atoms with Crippen LogP contribution in [-0.2, 0) is 14.9 Å². The molecular weight excluding hydrogens is 342 g/mol. The first kappa shape index (κ1) is 19.1. The number of nitrogens with zero attached hydrogens (tertiary/aromatic N) is 2. The van der Waals surface area contributed by atoms with Crippen molar-refractivity contribution in [2.45, 2.75) is 33.1 Å². The molecule has 2 aromatic rings. The van der Waals surface area contributed by atoms with Crippen LogP contribution in [0.15, 0.2) is 28.8 Å². The van der Waals surface area contributed by atoms with Gasteiger partial charge in [-0.15, -0.1) is 0 Å². The molecule has 138 valence electrons. The minimum atomic E-state index is -0.837. The fourth-order valence-electron chi connectivity index (χ4n) is 2.01. The minimum absolute atomic E-state index is 0.00946. The van der Waals surface area contributed by atoms with Gasteiger partial charge in [-0.1, -0.05) is 32.0 Å². The number of ether oxygens (including phenoxy) is 1. The Balaban J connectivity index is 1.95. The summed E-state index contributed by atoms with van der Waals surface area (Å²) in [4.78, 5) is 34.1. The van der Waals surface area contributed by atoms with Gasteiger partial charge in [0.05, 0.1) is 16.2 Å². The Kier molecular flexibility index (Phi) is 5.39. The number of esters is 1. The molecule has 0 fully saturated rings. The highest BCUT2D eigenvalue weighted by atomic mass is 16.6. The van der Waals surface area contributed by atoms with Crippen LogP contribution < -0.4 is 5.32 Å². The standard InChI is InChI=1S/C17H19N3O6/c1-10-5-6-11(7-12(10)20(23)24)16(22)25-9-14(21)18-15-8-13(19-26-15)17(2,3)4/h5-8H,9H2,1-4H3,(H,18,21). The van der Waals surface area contributed by atoms with E-state index in [2.05, 4.69) is 10.5 Å². The molecule has 0 aliphatic heterocycles. The number of hydrogen-bond donors (Lipinski definition) is 1. The van der Waals surface area contributed by atoms with Crippen molar-refractivity contribution in [3.05, 3.63) is 51.2 Å².